The molecule has 2 heterocycles. The van der Waals surface area contributed by atoms with Crippen molar-refractivity contribution in [2.75, 3.05) is 36.7 Å². The van der Waals surface area contributed by atoms with Crippen molar-refractivity contribution in [3.8, 4) is 11.9 Å². The van der Waals surface area contributed by atoms with E-state index in [4.69, 9.17) is 38.0 Å². The number of thiocarbonyl (C=S) groups is 1. The molecule has 38 heavy (non-hydrogen) atoms. The standard InChI is InChI=1S/C23H20ClN5O6S3/c1-33-18-11-17(27-22(28-18)35-3)29-38(31,32)14-7-4-12(5-8-14)25-23(36)26-13-6-9-15-16(10-13)37-20(19(15)24)21(30)34-2/h4-11H,1-3H3,(H2,25,26,36)(H,27,28,29). The van der Waals surface area contributed by atoms with Crippen LogP contribution in [0.15, 0.2) is 53.4 Å². The Bertz CT molecular complexity index is 1600. The largest absolute Gasteiger partial charge is 0.481 e. The number of sulfonamides is 1. The van der Waals surface area contributed by atoms with Crippen LogP contribution in [0.2, 0.25) is 5.02 Å². The van der Waals surface area contributed by atoms with Crippen molar-refractivity contribution in [1.29, 1.82) is 0 Å². The van der Waals surface area contributed by atoms with Gasteiger partial charge in [-0.25, -0.2) is 13.2 Å². The molecule has 0 bridgehead atoms. The molecule has 0 aliphatic rings. The fraction of sp³-hybridized carbons (Fsp3) is 0.130. The SMILES string of the molecule is COC(=O)c1sc2cc(NC(=S)Nc3ccc(S(=O)(=O)Nc4cc(OC)nc(OC)n4)cc3)ccc2c1Cl. The molecule has 0 aliphatic heterocycles. The summed E-state index contributed by atoms with van der Waals surface area (Å²) in [6.07, 6.45) is 0. The Balaban J connectivity index is 1.43. The average Bonchev–Trinajstić information content (AvgIpc) is 3.23. The summed E-state index contributed by atoms with van der Waals surface area (Å²) in [6.45, 7) is 0. The lowest BCUT2D eigenvalue weighted by Gasteiger charge is -2.12. The summed E-state index contributed by atoms with van der Waals surface area (Å²) in [5.41, 5.74) is 1.23. The minimum atomic E-state index is -3.96. The Labute approximate surface area is 232 Å². The molecule has 0 aliphatic carbocycles. The minimum absolute atomic E-state index is 0.0000839. The highest BCUT2D eigenvalue weighted by Gasteiger charge is 2.19. The number of carbonyl (C=O) groups excluding carboxylic acids is 1. The number of aromatic nitrogens is 2. The maximum Gasteiger partial charge on any atom is 0.349 e. The van der Waals surface area contributed by atoms with Crippen LogP contribution in [-0.4, -0.2) is 50.8 Å². The smallest absolute Gasteiger partial charge is 0.349 e. The number of nitrogens with zero attached hydrogens (tertiary/aromatic N) is 2. The van der Waals surface area contributed by atoms with Gasteiger partial charge in [0, 0.05) is 27.5 Å². The number of anilines is 3. The first-order valence-corrected chi connectivity index (χ1v) is 13.7. The van der Waals surface area contributed by atoms with Gasteiger partial charge in [0.15, 0.2) is 10.9 Å². The molecule has 0 saturated heterocycles. The van der Waals surface area contributed by atoms with Crippen LogP contribution in [-0.2, 0) is 14.8 Å². The third kappa shape index (κ3) is 6.05. The van der Waals surface area contributed by atoms with Crippen LogP contribution in [0.3, 0.4) is 0 Å². The molecule has 198 valence electrons. The summed E-state index contributed by atoms with van der Waals surface area (Å²) in [6, 6.07) is 12.6. The number of methoxy groups -OCH3 is 3. The molecule has 3 N–H and O–H groups in total. The molecule has 0 amide bonds. The van der Waals surface area contributed by atoms with Crippen LogP contribution >= 0.6 is 35.2 Å². The Morgan fingerprint density at radius 1 is 0.974 bits per heavy atom. The second-order valence-corrected chi connectivity index (χ2v) is 11.0. The molecule has 2 aromatic carbocycles. The summed E-state index contributed by atoms with van der Waals surface area (Å²) in [5, 5.41) is 7.39. The predicted octanol–water partition coefficient (Wildman–Crippen LogP) is 4.76. The van der Waals surface area contributed by atoms with Gasteiger partial charge in [-0.1, -0.05) is 11.6 Å². The molecule has 0 unspecified atom stereocenters. The van der Waals surface area contributed by atoms with E-state index in [0.717, 1.165) is 10.1 Å². The van der Waals surface area contributed by atoms with E-state index in [1.165, 1.54) is 50.9 Å². The van der Waals surface area contributed by atoms with Crippen molar-refractivity contribution < 1.29 is 27.4 Å². The summed E-state index contributed by atoms with van der Waals surface area (Å²) in [7, 11) is 0.0868. The number of halogens is 1. The van der Waals surface area contributed by atoms with E-state index >= 15 is 0 Å². The molecule has 2 aromatic heterocycles. The highest BCUT2D eigenvalue weighted by atomic mass is 35.5. The van der Waals surface area contributed by atoms with Gasteiger partial charge in [-0.15, -0.1) is 11.3 Å². The van der Waals surface area contributed by atoms with Crippen molar-refractivity contribution in [2.24, 2.45) is 0 Å². The Morgan fingerprint density at radius 3 is 2.32 bits per heavy atom. The van der Waals surface area contributed by atoms with Gasteiger partial charge >= 0.3 is 12.0 Å². The van der Waals surface area contributed by atoms with Crippen molar-refractivity contribution in [1.82, 2.24) is 9.97 Å². The summed E-state index contributed by atoms with van der Waals surface area (Å²) < 4.78 is 43.6. The van der Waals surface area contributed by atoms with Crippen LogP contribution in [0, 0.1) is 0 Å². The molecule has 4 rings (SSSR count). The molecule has 0 atom stereocenters. The van der Waals surface area contributed by atoms with Gasteiger partial charge in [-0.3, -0.25) is 4.72 Å². The third-order valence-electron chi connectivity index (χ3n) is 4.99. The quantitative estimate of drug-likeness (QED) is 0.192. The first kappa shape index (κ1) is 27.3. The second kappa shape index (κ2) is 11.3. The van der Waals surface area contributed by atoms with Crippen molar-refractivity contribution in [3.63, 3.8) is 0 Å². The molecule has 11 nitrogen and oxygen atoms in total. The first-order chi connectivity index (χ1) is 18.1. The molecule has 0 spiro atoms. The van der Waals surface area contributed by atoms with Gasteiger partial charge in [0.2, 0.25) is 5.88 Å². The van der Waals surface area contributed by atoms with Crippen molar-refractivity contribution in [2.45, 2.75) is 4.90 Å². The van der Waals surface area contributed by atoms with Gasteiger partial charge < -0.3 is 24.8 Å². The maximum absolute atomic E-state index is 12.8. The van der Waals surface area contributed by atoms with E-state index in [9.17, 15) is 13.2 Å². The number of hydrogen-bond donors (Lipinski definition) is 3. The van der Waals surface area contributed by atoms with Gasteiger partial charge in [0.05, 0.1) is 31.2 Å². The summed E-state index contributed by atoms with van der Waals surface area (Å²) in [4.78, 5) is 20.1. The highest BCUT2D eigenvalue weighted by molar-refractivity contribution is 7.92. The number of thiophene rings is 1. The van der Waals surface area contributed by atoms with Gasteiger partial charge in [0.25, 0.3) is 10.0 Å². The maximum atomic E-state index is 12.8. The average molecular weight is 594 g/mol. The van der Waals surface area contributed by atoms with E-state index in [1.807, 2.05) is 6.07 Å². The fourth-order valence-electron chi connectivity index (χ4n) is 3.23. The first-order valence-electron chi connectivity index (χ1n) is 10.6. The number of hydrogen-bond acceptors (Lipinski definition) is 10. The number of fused-ring (bicyclic) bond motifs is 1. The predicted molar refractivity (Wildman–Crippen MR) is 150 cm³/mol. The minimum Gasteiger partial charge on any atom is -0.481 e. The van der Waals surface area contributed by atoms with Crippen LogP contribution in [0.25, 0.3) is 10.1 Å². The Morgan fingerprint density at radius 2 is 1.66 bits per heavy atom. The van der Waals surface area contributed by atoms with Gasteiger partial charge in [-0.2, -0.15) is 9.97 Å². The molecule has 0 radical (unpaired) electrons. The fourth-order valence-corrected chi connectivity index (χ4v) is 5.92. The molecular formula is C23H20ClN5O6S3. The number of carbonyl (C=O) groups is 1. The van der Waals surface area contributed by atoms with Crippen LogP contribution in [0.5, 0.6) is 11.9 Å². The van der Waals surface area contributed by atoms with Crippen molar-refractivity contribution in [3.05, 3.63) is 58.4 Å². The number of ether oxygens (including phenoxy) is 3. The van der Waals surface area contributed by atoms with E-state index < -0.39 is 16.0 Å². The van der Waals surface area contributed by atoms with E-state index in [-0.39, 0.29) is 27.7 Å². The number of nitrogens with one attached hydrogen (secondary N) is 3. The molecular weight excluding hydrogens is 574 g/mol. The molecule has 15 heteroatoms. The zero-order valence-electron chi connectivity index (χ0n) is 20.1. The third-order valence-corrected chi connectivity index (χ3v) is 8.21. The number of esters is 1. The number of rotatable bonds is 8. The topological polar surface area (TPSA) is 141 Å². The lowest BCUT2D eigenvalue weighted by molar-refractivity contribution is 0.0606. The molecule has 4 aromatic rings. The monoisotopic (exact) mass is 593 g/mol. The second-order valence-electron chi connectivity index (χ2n) is 7.44. The van der Waals surface area contributed by atoms with E-state index in [0.29, 0.717) is 21.3 Å². The molecule has 0 saturated carbocycles. The lowest BCUT2D eigenvalue weighted by atomic mass is 10.2. The van der Waals surface area contributed by atoms with Crippen molar-refractivity contribution >= 4 is 83.5 Å². The van der Waals surface area contributed by atoms with E-state index in [2.05, 4.69) is 25.3 Å². The highest BCUT2D eigenvalue weighted by Crippen LogP contribution is 2.37. The summed E-state index contributed by atoms with van der Waals surface area (Å²) in [5.74, 6) is -0.371. The van der Waals surface area contributed by atoms with Crippen LogP contribution < -0.4 is 24.8 Å². The zero-order valence-corrected chi connectivity index (χ0v) is 23.3. The summed E-state index contributed by atoms with van der Waals surface area (Å²) >= 11 is 12.9. The Kier molecular flexibility index (Phi) is 8.16. The molecule has 0 fully saturated rings. The van der Waals surface area contributed by atoms with Gasteiger partial charge in [-0.05, 0) is 54.7 Å². The van der Waals surface area contributed by atoms with E-state index in [1.54, 1.807) is 24.3 Å². The van der Waals surface area contributed by atoms with Crippen LogP contribution in [0.4, 0.5) is 17.2 Å². The number of benzene rings is 2. The lowest BCUT2D eigenvalue weighted by Crippen LogP contribution is -2.19. The normalized spacial score (nSPS) is 11.1. The van der Waals surface area contributed by atoms with Crippen LogP contribution in [0.1, 0.15) is 9.67 Å². The Hall–Kier alpha value is -3.72. The zero-order chi connectivity index (χ0) is 27.4. The van der Waals surface area contributed by atoms with Gasteiger partial charge in [0.1, 0.15) is 4.88 Å².